The van der Waals surface area contributed by atoms with Crippen molar-refractivity contribution >= 4 is 11.8 Å². The highest BCUT2D eigenvalue weighted by Gasteiger charge is 2.30. The van der Waals surface area contributed by atoms with Gasteiger partial charge in [-0.3, -0.25) is 9.59 Å². The maximum absolute atomic E-state index is 12.4. The number of ketones is 1. The third kappa shape index (κ3) is 6.75. The van der Waals surface area contributed by atoms with E-state index >= 15 is 0 Å². The van der Waals surface area contributed by atoms with Crippen molar-refractivity contribution in [2.45, 2.75) is 70.3 Å². The maximum atomic E-state index is 12.4. The normalized spacial score (nSPS) is 20.1. The van der Waals surface area contributed by atoms with Crippen LogP contribution in [0, 0.1) is 5.92 Å². The van der Waals surface area contributed by atoms with Gasteiger partial charge in [0.2, 0.25) is 0 Å². The lowest BCUT2D eigenvalue weighted by Gasteiger charge is -2.18. The highest BCUT2D eigenvalue weighted by molar-refractivity contribution is 5.98. The lowest BCUT2D eigenvalue weighted by atomic mass is 9.85. The standard InChI is InChI=1S/C24H32O4/c1-2-3-6-10-21(25)18-12-14-20(15-13-18)24-19(16-17-22(24)26)9-7-4-5-8-11-23(27)28/h4,7,12-17,19,21,24-25H,2-3,5-6,8-11H2,1H3,(H,27,28)/t19-,21+,24-/m0/s1. The molecule has 0 bridgehead atoms. The number of benzene rings is 1. The molecule has 0 aliphatic heterocycles. The van der Waals surface area contributed by atoms with Gasteiger partial charge in [-0.1, -0.05) is 68.7 Å². The molecule has 0 spiro atoms. The average molecular weight is 385 g/mol. The van der Waals surface area contributed by atoms with E-state index in [9.17, 15) is 14.7 Å². The van der Waals surface area contributed by atoms with Gasteiger partial charge in [0.05, 0.1) is 12.0 Å². The van der Waals surface area contributed by atoms with Crippen molar-refractivity contribution in [3.63, 3.8) is 0 Å². The van der Waals surface area contributed by atoms with Gasteiger partial charge in [0.1, 0.15) is 0 Å². The van der Waals surface area contributed by atoms with E-state index in [1.165, 1.54) is 0 Å². The molecule has 1 aromatic rings. The second-order valence-electron chi connectivity index (χ2n) is 7.57. The van der Waals surface area contributed by atoms with Crippen LogP contribution in [0.2, 0.25) is 0 Å². The molecule has 0 unspecified atom stereocenters. The van der Waals surface area contributed by atoms with Gasteiger partial charge in [0.25, 0.3) is 0 Å². The molecule has 0 amide bonds. The van der Waals surface area contributed by atoms with Gasteiger partial charge < -0.3 is 10.2 Å². The van der Waals surface area contributed by atoms with E-state index in [0.29, 0.717) is 6.42 Å². The van der Waals surface area contributed by atoms with Crippen LogP contribution in [0.1, 0.15) is 81.4 Å². The summed E-state index contributed by atoms with van der Waals surface area (Å²) in [6, 6.07) is 7.82. The van der Waals surface area contributed by atoms with Crippen LogP contribution in [-0.4, -0.2) is 22.0 Å². The minimum atomic E-state index is -0.767. The predicted octanol–water partition coefficient (Wildman–Crippen LogP) is 5.34. The number of hydrogen-bond acceptors (Lipinski definition) is 3. The van der Waals surface area contributed by atoms with Crippen molar-refractivity contribution in [1.29, 1.82) is 0 Å². The van der Waals surface area contributed by atoms with Crippen molar-refractivity contribution in [2.75, 3.05) is 0 Å². The summed E-state index contributed by atoms with van der Waals surface area (Å²) in [5.74, 6) is -0.684. The number of aliphatic carboxylic acids is 1. The van der Waals surface area contributed by atoms with E-state index in [0.717, 1.165) is 49.7 Å². The highest BCUT2D eigenvalue weighted by atomic mass is 16.4. The van der Waals surface area contributed by atoms with Gasteiger partial charge in [-0.05, 0) is 48.8 Å². The zero-order valence-electron chi connectivity index (χ0n) is 16.7. The second-order valence-corrected chi connectivity index (χ2v) is 7.57. The number of carboxylic acids is 1. The van der Waals surface area contributed by atoms with Gasteiger partial charge in [-0.2, -0.15) is 0 Å². The summed E-state index contributed by atoms with van der Waals surface area (Å²) in [6.07, 6.45) is 13.6. The molecule has 2 N–H and O–H groups in total. The third-order valence-corrected chi connectivity index (χ3v) is 5.34. The van der Waals surface area contributed by atoms with Gasteiger partial charge in [-0.15, -0.1) is 0 Å². The fraction of sp³-hybridized carbons (Fsp3) is 0.500. The Morgan fingerprint density at radius 3 is 2.57 bits per heavy atom. The lowest BCUT2D eigenvalue weighted by Crippen LogP contribution is -2.13. The molecule has 4 nitrogen and oxygen atoms in total. The number of allylic oxidation sites excluding steroid dienone is 4. The van der Waals surface area contributed by atoms with Gasteiger partial charge in [-0.25, -0.2) is 0 Å². The molecule has 0 radical (unpaired) electrons. The first-order valence-corrected chi connectivity index (χ1v) is 10.4. The molecule has 152 valence electrons. The Balaban J connectivity index is 1.91. The largest absolute Gasteiger partial charge is 0.481 e. The summed E-state index contributed by atoms with van der Waals surface area (Å²) in [5.41, 5.74) is 1.90. The smallest absolute Gasteiger partial charge is 0.303 e. The van der Waals surface area contributed by atoms with E-state index in [4.69, 9.17) is 5.11 Å². The molecule has 1 aromatic carbocycles. The first kappa shape index (κ1) is 22.1. The topological polar surface area (TPSA) is 74.6 Å². The van der Waals surface area contributed by atoms with Crippen LogP contribution >= 0.6 is 0 Å². The van der Waals surface area contributed by atoms with Gasteiger partial charge in [0, 0.05) is 6.42 Å². The summed E-state index contributed by atoms with van der Waals surface area (Å²) in [5, 5.41) is 19.0. The molecule has 0 aromatic heterocycles. The number of carbonyl (C=O) groups excluding carboxylic acids is 1. The Morgan fingerprint density at radius 2 is 1.89 bits per heavy atom. The zero-order chi connectivity index (χ0) is 20.4. The molecule has 1 aliphatic rings. The maximum Gasteiger partial charge on any atom is 0.303 e. The molecule has 28 heavy (non-hydrogen) atoms. The van der Waals surface area contributed by atoms with Crippen LogP contribution in [0.3, 0.4) is 0 Å². The van der Waals surface area contributed by atoms with Crippen LogP contribution in [-0.2, 0) is 9.59 Å². The minimum Gasteiger partial charge on any atom is -0.481 e. The van der Waals surface area contributed by atoms with Crippen molar-refractivity contribution in [3.8, 4) is 0 Å². The molecule has 1 aliphatic carbocycles. The van der Waals surface area contributed by atoms with Crippen LogP contribution < -0.4 is 0 Å². The second kappa shape index (κ2) is 11.6. The molecule has 0 fully saturated rings. The minimum absolute atomic E-state index is 0.125. The van der Waals surface area contributed by atoms with E-state index in [1.807, 2.05) is 42.5 Å². The number of carboxylic acid groups (broad SMARTS) is 1. The van der Waals surface area contributed by atoms with E-state index < -0.39 is 12.1 Å². The van der Waals surface area contributed by atoms with Crippen molar-refractivity contribution < 1.29 is 19.8 Å². The SMILES string of the molecule is CCCCC[C@@H](O)c1ccc([C@H]2C(=O)C=C[C@@H]2CC=CCCCC(=O)O)cc1. The first-order chi connectivity index (χ1) is 13.5. The Kier molecular flexibility index (Phi) is 9.15. The molecular formula is C24H32O4. The summed E-state index contributed by atoms with van der Waals surface area (Å²) < 4.78 is 0. The molecule has 2 rings (SSSR count). The molecule has 4 heteroatoms. The molecule has 0 saturated heterocycles. The Hall–Kier alpha value is -2.20. The molecular weight excluding hydrogens is 352 g/mol. The summed E-state index contributed by atoms with van der Waals surface area (Å²) in [7, 11) is 0. The highest BCUT2D eigenvalue weighted by Crippen LogP contribution is 2.35. The van der Waals surface area contributed by atoms with E-state index in [1.54, 1.807) is 6.08 Å². The molecule has 3 atom stereocenters. The predicted molar refractivity (Wildman–Crippen MR) is 111 cm³/mol. The number of unbranched alkanes of at least 4 members (excludes halogenated alkanes) is 3. The quantitative estimate of drug-likeness (QED) is 0.377. The number of aliphatic hydroxyl groups excluding tert-OH is 1. The first-order valence-electron chi connectivity index (χ1n) is 10.4. The number of aliphatic hydroxyl groups is 1. The Morgan fingerprint density at radius 1 is 1.14 bits per heavy atom. The fourth-order valence-corrected chi connectivity index (χ4v) is 3.69. The van der Waals surface area contributed by atoms with Crippen molar-refractivity contribution in [2.24, 2.45) is 5.92 Å². The Labute approximate surface area is 168 Å². The van der Waals surface area contributed by atoms with Crippen LogP contribution in [0.15, 0.2) is 48.6 Å². The summed E-state index contributed by atoms with van der Waals surface area (Å²) >= 11 is 0. The van der Waals surface area contributed by atoms with Crippen molar-refractivity contribution in [1.82, 2.24) is 0 Å². The van der Waals surface area contributed by atoms with Crippen LogP contribution in [0.4, 0.5) is 0 Å². The summed E-state index contributed by atoms with van der Waals surface area (Å²) in [6.45, 7) is 2.15. The number of hydrogen-bond donors (Lipinski definition) is 2. The molecule has 0 saturated carbocycles. The fourth-order valence-electron chi connectivity index (χ4n) is 3.69. The van der Waals surface area contributed by atoms with Gasteiger partial charge in [0.15, 0.2) is 5.78 Å². The van der Waals surface area contributed by atoms with Gasteiger partial charge >= 0.3 is 5.97 Å². The zero-order valence-corrected chi connectivity index (χ0v) is 16.7. The molecule has 0 heterocycles. The number of rotatable bonds is 12. The summed E-state index contributed by atoms with van der Waals surface area (Å²) in [4.78, 5) is 22.9. The van der Waals surface area contributed by atoms with Crippen LogP contribution in [0.5, 0.6) is 0 Å². The lowest BCUT2D eigenvalue weighted by molar-refractivity contribution is -0.137. The number of carbonyl (C=O) groups is 2. The van der Waals surface area contributed by atoms with E-state index in [-0.39, 0.29) is 24.0 Å². The average Bonchev–Trinajstić information content (AvgIpc) is 3.05. The third-order valence-electron chi connectivity index (χ3n) is 5.34. The van der Waals surface area contributed by atoms with Crippen LogP contribution in [0.25, 0.3) is 0 Å². The van der Waals surface area contributed by atoms with E-state index in [2.05, 4.69) is 6.92 Å². The monoisotopic (exact) mass is 384 g/mol. The van der Waals surface area contributed by atoms with Crippen molar-refractivity contribution in [3.05, 3.63) is 59.7 Å². The Bertz CT molecular complexity index is 687.